The van der Waals surface area contributed by atoms with Gasteiger partial charge in [-0.2, -0.15) is 0 Å². The van der Waals surface area contributed by atoms with E-state index in [0.717, 1.165) is 6.42 Å². The molecule has 0 spiro atoms. The van der Waals surface area contributed by atoms with Crippen molar-refractivity contribution in [3.8, 4) is 0 Å². The molecule has 0 heteroatoms. The second-order valence-corrected chi connectivity index (χ2v) is 3.07. The van der Waals surface area contributed by atoms with Crippen LogP contribution in [0.25, 0.3) is 0 Å². The van der Waals surface area contributed by atoms with Gasteiger partial charge in [-0.25, -0.2) is 0 Å². The van der Waals surface area contributed by atoms with Crippen LogP contribution in [0.4, 0.5) is 0 Å². The van der Waals surface area contributed by atoms with Gasteiger partial charge in [-0.3, -0.25) is 0 Å². The minimum absolute atomic E-state index is 1.03. The fourth-order valence-electron chi connectivity index (χ4n) is 1.16. The highest BCUT2D eigenvalue weighted by Gasteiger charge is 1.83. The molecule has 0 heterocycles. The molecule has 0 bridgehead atoms. The molecule has 1 rings (SSSR count). The summed E-state index contributed by atoms with van der Waals surface area (Å²) in [5, 5.41) is 0. The largest absolute Gasteiger partial charge is 0.0845 e. The first-order chi connectivity index (χ1) is 6.50. The lowest BCUT2D eigenvalue weighted by molar-refractivity contribution is 0.842. The number of hydrogen-bond donors (Lipinski definition) is 0. The summed E-state index contributed by atoms with van der Waals surface area (Å²) < 4.78 is 0. The Morgan fingerprint density at radius 3 is 2.31 bits per heavy atom. The van der Waals surface area contributed by atoms with Crippen LogP contribution in [0.15, 0.2) is 48.6 Å². The van der Waals surface area contributed by atoms with E-state index in [9.17, 15) is 0 Å². The fourth-order valence-corrected chi connectivity index (χ4v) is 1.16. The van der Waals surface area contributed by atoms with Gasteiger partial charge in [-0.1, -0.05) is 48.6 Å². The first-order valence-electron chi connectivity index (χ1n) is 4.97. The Kier molecular flexibility index (Phi) is 5.87. The van der Waals surface area contributed by atoms with Gasteiger partial charge >= 0.3 is 0 Å². The molecule has 0 saturated heterocycles. The highest BCUT2D eigenvalue weighted by molar-refractivity contribution is 5.12. The van der Waals surface area contributed by atoms with E-state index in [2.05, 4.69) is 55.0 Å². The molecule has 69 valence electrons. The Morgan fingerprint density at radius 1 is 0.615 bits per heavy atom. The van der Waals surface area contributed by atoms with E-state index in [4.69, 9.17) is 0 Å². The third-order valence-electron chi connectivity index (χ3n) is 1.89. The maximum Gasteiger partial charge on any atom is -0.0166 e. The summed E-state index contributed by atoms with van der Waals surface area (Å²) in [6.07, 6.45) is 24.0. The van der Waals surface area contributed by atoms with E-state index in [1.54, 1.807) is 0 Å². The van der Waals surface area contributed by atoms with Crippen LogP contribution in [0.1, 0.15) is 25.7 Å². The maximum atomic E-state index is 2.24. The molecule has 0 aromatic heterocycles. The minimum atomic E-state index is 1.03. The smallest absolute Gasteiger partial charge is 0.0166 e. The minimum Gasteiger partial charge on any atom is -0.0845 e. The Morgan fingerprint density at radius 2 is 1.38 bits per heavy atom. The third-order valence-corrected chi connectivity index (χ3v) is 1.89. The van der Waals surface area contributed by atoms with E-state index < -0.39 is 0 Å². The van der Waals surface area contributed by atoms with Crippen LogP contribution >= 0.6 is 0 Å². The average molecular weight is 173 g/mol. The van der Waals surface area contributed by atoms with Crippen molar-refractivity contribution >= 4 is 0 Å². The van der Waals surface area contributed by atoms with Gasteiger partial charge in [0.25, 0.3) is 0 Å². The van der Waals surface area contributed by atoms with Crippen LogP contribution in [0.2, 0.25) is 0 Å². The summed E-state index contributed by atoms with van der Waals surface area (Å²) in [5.74, 6) is 0. The summed E-state index contributed by atoms with van der Waals surface area (Å²) >= 11 is 0. The van der Waals surface area contributed by atoms with Gasteiger partial charge in [0.2, 0.25) is 0 Å². The van der Waals surface area contributed by atoms with Gasteiger partial charge in [0.15, 0.2) is 0 Å². The van der Waals surface area contributed by atoms with Crippen molar-refractivity contribution in [1.82, 2.24) is 0 Å². The van der Waals surface area contributed by atoms with Crippen LogP contribution in [0.5, 0.6) is 0 Å². The molecule has 0 amide bonds. The normalized spacial score (nSPS) is 28.9. The molecule has 0 aliphatic heterocycles. The Labute approximate surface area is 81.4 Å². The van der Waals surface area contributed by atoms with Gasteiger partial charge in [-0.15, -0.1) is 0 Å². The van der Waals surface area contributed by atoms with Gasteiger partial charge in [0.1, 0.15) is 0 Å². The van der Waals surface area contributed by atoms with Gasteiger partial charge in [0, 0.05) is 0 Å². The molecule has 0 nitrogen and oxygen atoms in total. The summed E-state index contributed by atoms with van der Waals surface area (Å²) in [6, 6.07) is 0. The van der Waals surface area contributed by atoms with Crippen molar-refractivity contribution < 1.29 is 0 Å². The van der Waals surface area contributed by atoms with E-state index in [0.29, 0.717) is 0 Å². The predicted octanol–water partition coefficient (Wildman–Crippen LogP) is 3.99. The highest BCUT2D eigenvalue weighted by Crippen LogP contribution is 2.02. The lowest BCUT2D eigenvalue weighted by Gasteiger charge is -1.91. The average Bonchev–Trinajstić information content (AvgIpc) is 2.18. The molecule has 0 saturated carbocycles. The summed E-state index contributed by atoms with van der Waals surface area (Å²) in [7, 11) is 0. The molecule has 1 aliphatic rings. The molecular formula is C13H17. The predicted molar refractivity (Wildman–Crippen MR) is 59.3 cm³/mol. The van der Waals surface area contributed by atoms with E-state index in [1.165, 1.54) is 19.3 Å². The third kappa shape index (κ3) is 6.15. The second kappa shape index (κ2) is 7.60. The van der Waals surface area contributed by atoms with Crippen molar-refractivity contribution in [3.63, 3.8) is 0 Å². The fraction of sp³-hybridized carbons (Fsp3) is 0.308. The molecule has 13 heavy (non-hydrogen) atoms. The zero-order valence-electron chi connectivity index (χ0n) is 8.02. The zero-order valence-corrected chi connectivity index (χ0v) is 8.02. The zero-order chi connectivity index (χ0) is 9.19. The molecular weight excluding hydrogens is 156 g/mol. The van der Waals surface area contributed by atoms with Crippen LogP contribution in [0, 0.1) is 6.42 Å². The van der Waals surface area contributed by atoms with Crippen molar-refractivity contribution in [2.45, 2.75) is 25.7 Å². The molecule has 0 aromatic carbocycles. The monoisotopic (exact) mass is 173 g/mol. The maximum absolute atomic E-state index is 2.24. The van der Waals surface area contributed by atoms with Crippen LogP contribution in [-0.4, -0.2) is 0 Å². The number of allylic oxidation sites excluding steroid dienone is 8. The molecule has 0 N–H and O–H groups in total. The summed E-state index contributed by atoms with van der Waals surface area (Å²) in [4.78, 5) is 0. The van der Waals surface area contributed by atoms with Gasteiger partial charge in [-0.05, 0) is 32.1 Å². The number of hydrogen-bond acceptors (Lipinski definition) is 0. The van der Waals surface area contributed by atoms with Crippen molar-refractivity contribution in [2.24, 2.45) is 0 Å². The number of rotatable bonds is 0. The van der Waals surface area contributed by atoms with Crippen molar-refractivity contribution in [2.75, 3.05) is 0 Å². The van der Waals surface area contributed by atoms with Gasteiger partial charge < -0.3 is 0 Å². The Balaban J connectivity index is 2.38. The molecule has 0 fully saturated rings. The summed E-state index contributed by atoms with van der Waals surface area (Å²) in [5.41, 5.74) is 0. The molecule has 0 atom stereocenters. The quantitative estimate of drug-likeness (QED) is 0.519. The molecule has 1 radical (unpaired) electrons. The first-order valence-corrected chi connectivity index (χ1v) is 4.97. The lowest BCUT2D eigenvalue weighted by atomic mass is 10.2. The molecule has 0 aromatic rings. The van der Waals surface area contributed by atoms with E-state index in [1.807, 2.05) is 0 Å². The topological polar surface area (TPSA) is 0 Å². The van der Waals surface area contributed by atoms with Crippen molar-refractivity contribution in [3.05, 3.63) is 55.0 Å². The highest BCUT2D eigenvalue weighted by atomic mass is 13.9. The standard InChI is InChI=1S/C13H17/c1-2-4-6-8-10-12-13-11-9-7-5-3-1/h1-6,9,11,13H,7-8,10,12H2/b2-1-,5-3+,6-4+,11-9+. The Bertz CT molecular complexity index is 216. The first kappa shape index (κ1) is 10.0. The second-order valence-electron chi connectivity index (χ2n) is 3.07. The molecule has 1 aliphatic carbocycles. The summed E-state index contributed by atoms with van der Waals surface area (Å²) in [6.45, 7) is 0. The Hall–Kier alpha value is -1.04. The lowest BCUT2D eigenvalue weighted by Crippen LogP contribution is -1.72. The van der Waals surface area contributed by atoms with Gasteiger partial charge in [0.05, 0.1) is 0 Å². The SMILES string of the molecule is [CH]1/C=C/C/C=C/C=C\C=C\CCC1. The van der Waals surface area contributed by atoms with Crippen molar-refractivity contribution in [1.29, 1.82) is 0 Å². The van der Waals surface area contributed by atoms with Crippen LogP contribution < -0.4 is 0 Å². The molecule has 0 unspecified atom stereocenters. The van der Waals surface area contributed by atoms with E-state index in [-0.39, 0.29) is 0 Å². The van der Waals surface area contributed by atoms with E-state index >= 15 is 0 Å². The van der Waals surface area contributed by atoms with Crippen LogP contribution in [-0.2, 0) is 0 Å². The van der Waals surface area contributed by atoms with Crippen LogP contribution in [0.3, 0.4) is 0 Å².